The molecule has 17 heavy (non-hydrogen) atoms. The van der Waals surface area contributed by atoms with Crippen molar-refractivity contribution in [2.24, 2.45) is 5.92 Å². The summed E-state index contributed by atoms with van der Waals surface area (Å²) in [5.41, 5.74) is 1.95. The minimum absolute atomic E-state index is 0.224. The van der Waals surface area contributed by atoms with Crippen LogP contribution in [0.2, 0.25) is 0 Å². The molecule has 3 heterocycles. The zero-order valence-electron chi connectivity index (χ0n) is 9.64. The molecule has 3 aliphatic rings. The lowest BCUT2D eigenvalue weighted by atomic mass is 9.83. The van der Waals surface area contributed by atoms with Crippen LogP contribution in [-0.2, 0) is 0 Å². The average Bonchev–Trinajstić information content (AvgIpc) is 2.37. The Morgan fingerprint density at radius 2 is 1.82 bits per heavy atom. The number of hydrogen-bond acceptors (Lipinski definition) is 2. The lowest BCUT2D eigenvalue weighted by Crippen LogP contribution is -2.48. The van der Waals surface area contributed by atoms with Gasteiger partial charge in [0, 0.05) is 18.8 Å². The van der Waals surface area contributed by atoms with E-state index in [2.05, 4.69) is 4.90 Å². The number of benzene rings is 1. The molecule has 1 aromatic carbocycles. The van der Waals surface area contributed by atoms with Gasteiger partial charge in [0.25, 0.3) is 0 Å². The first-order chi connectivity index (χ1) is 8.24. The smallest absolute Gasteiger partial charge is 0.123 e. The van der Waals surface area contributed by atoms with E-state index in [0.717, 1.165) is 37.2 Å². The zero-order chi connectivity index (χ0) is 11.8. The maximum atomic E-state index is 12.8. The van der Waals surface area contributed by atoms with E-state index in [1.165, 1.54) is 12.1 Å². The molecule has 0 radical (unpaired) electrons. The number of halogens is 1. The van der Waals surface area contributed by atoms with Gasteiger partial charge in [-0.25, -0.2) is 4.39 Å². The normalized spacial score (nSPS) is 30.0. The van der Waals surface area contributed by atoms with E-state index in [9.17, 15) is 9.50 Å². The molecule has 3 fully saturated rings. The van der Waals surface area contributed by atoms with Crippen molar-refractivity contribution in [3.63, 3.8) is 0 Å². The van der Waals surface area contributed by atoms with Crippen LogP contribution in [0.5, 0.6) is 0 Å². The van der Waals surface area contributed by atoms with Crippen LogP contribution in [-0.4, -0.2) is 29.2 Å². The first-order valence-corrected chi connectivity index (χ1v) is 6.14. The predicted octanol–water partition coefficient (Wildman–Crippen LogP) is 2.25. The van der Waals surface area contributed by atoms with Crippen LogP contribution in [0.25, 0.3) is 6.08 Å². The zero-order valence-corrected chi connectivity index (χ0v) is 9.64. The predicted molar refractivity (Wildman–Crippen MR) is 64.7 cm³/mol. The first-order valence-electron chi connectivity index (χ1n) is 6.14. The van der Waals surface area contributed by atoms with Gasteiger partial charge in [-0.1, -0.05) is 12.1 Å². The molecule has 90 valence electrons. The highest BCUT2D eigenvalue weighted by Gasteiger charge is 2.36. The van der Waals surface area contributed by atoms with Crippen molar-refractivity contribution in [2.75, 3.05) is 13.1 Å². The largest absolute Gasteiger partial charge is 0.387 e. The second-order valence-corrected chi connectivity index (χ2v) is 4.89. The highest BCUT2D eigenvalue weighted by molar-refractivity contribution is 5.54. The van der Waals surface area contributed by atoms with Gasteiger partial charge >= 0.3 is 0 Å². The molecule has 1 atom stereocenters. The Hall–Kier alpha value is -1.35. The highest BCUT2D eigenvalue weighted by atomic mass is 19.1. The highest BCUT2D eigenvalue weighted by Crippen LogP contribution is 2.35. The van der Waals surface area contributed by atoms with Crippen molar-refractivity contribution in [2.45, 2.75) is 18.9 Å². The monoisotopic (exact) mass is 233 g/mol. The Labute approximate surface area is 100 Å². The Morgan fingerprint density at radius 3 is 2.41 bits per heavy atom. The maximum absolute atomic E-state index is 12.8. The third-order valence-electron chi connectivity index (χ3n) is 3.84. The van der Waals surface area contributed by atoms with E-state index in [1.54, 1.807) is 12.1 Å². The van der Waals surface area contributed by atoms with Crippen molar-refractivity contribution in [1.82, 2.24) is 4.90 Å². The van der Waals surface area contributed by atoms with Gasteiger partial charge in [-0.2, -0.15) is 0 Å². The van der Waals surface area contributed by atoms with Crippen molar-refractivity contribution in [1.29, 1.82) is 0 Å². The van der Waals surface area contributed by atoms with Gasteiger partial charge in [0.05, 0.1) is 6.10 Å². The molecule has 3 heteroatoms. The van der Waals surface area contributed by atoms with Gasteiger partial charge in [-0.15, -0.1) is 0 Å². The van der Waals surface area contributed by atoms with E-state index in [0.29, 0.717) is 5.92 Å². The van der Waals surface area contributed by atoms with Crippen LogP contribution in [0.1, 0.15) is 18.4 Å². The summed E-state index contributed by atoms with van der Waals surface area (Å²) in [5.74, 6) is 0.185. The molecule has 1 aromatic rings. The van der Waals surface area contributed by atoms with Gasteiger partial charge < -0.3 is 10.0 Å². The Balaban J connectivity index is 1.90. The molecule has 0 saturated carbocycles. The molecule has 0 amide bonds. The summed E-state index contributed by atoms with van der Waals surface area (Å²) < 4.78 is 12.8. The molecule has 1 unspecified atom stereocenters. The fourth-order valence-corrected chi connectivity index (χ4v) is 2.81. The first kappa shape index (κ1) is 10.8. The summed E-state index contributed by atoms with van der Waals surface area (Å²) in [5, 5.41) is 10.2. The summed E-state index contributed by atoms with van der Waals surface area (Å²) in [6.45, 7) is 2.07. The summed E-state index contributed by atoms with van der Waals surface area (Å²) in [4.78, 5) is 2.24. The number of nitrogens with zero attached hydrogens (tertiary/aromatic N) is 1. The molecule has 1 N–H and O–H groups in total. The van der Waals surface area contributed by atoms with Crippen LogP contribution in [0.3, 0.4) is 0 Å². The van der Waals surface area contributed by atoms with E-state index in [1.807, 2.05) is 6.08 Å². The van der Waals surface area contributed by atoms with Gasteiger partial charge in [-0.3, -0.25) is 0 Å². The molecular formula is C14H16FNO. The van der Waals surface area contributed by atoms with Crippen molar-refractivity contribution >= 4 is 6.08 Å². The number of fused-ring (bicyclic) bond motifs is 3. The van der Waals surface area contributed by atoms with Crippen molar-refractivity contribution in [3.05, 3.63) is 41.3 Å². The topological polar surface area (TPSA) is 23.5 Å². The SMILES string of the molecule is OC1C(=Cc2ccc(F)cc2)N2CCC1CC2. The fourth-order valence-electron chi connectivity index (χ4n) is 2.81. The van der Waals surface area contributed by atoms with Gasteiger partial charge in [0.15, 0.2) is 0 Å². The molecule has 2 nitrogen and oxygen atoms in total. The van der Waals surface area contributed by atoms with E-state index < -0.39 is 0 Å². The summed E-state index contributed by atoms with van der Waals surface area (Å²) in [6, 6.07) is 6.40. The summed E-state index contributed by atoms with van der Waals surface area (Å²) in [7, 11) is 0. The van der Waals surface area contributed by atoms with Crippen molar-refractivity contribution in [3.8, 4) is 0 Å². The number of rotatable bonds is 1. The summed E-state index contributed by atoms with van der Waals surface area (Å²) in [6.07, 6.45) is 3.81. The van der Waals surface area contributed by atoms with Crippen LogP contribution in [0.15, 0.2) is 30.0 Å². The summed E-state index contributed by atoms with van der Waals surface area (Å²) >= 11 is 0. The van der Waals surface area contributed by atoms with Crippen LogP contribution in [0, 0.1) is 11.7 Å². The lowest BCUT2D eigenvalue weighted by Gasteiger charge is -2.45. The van der Waals surface area contributed by atoms with E-state index in [4.69, 9.17) is 0 Å². The van der Waals surface area contributed by atoms with Gasteiger partial charge in [-0.05, 0) is 42.5 Å². The molecule has 2 bridgehead atoms. The third kappa shape index (κ3) is 1.95. The van der Waals surface area contributed by atoms with Crippen molar-refractivity contribution < 1.29 is 9.50 Å². The number of hydrogen-bond donors (Lipinski definition) is 1. The molecule has 3 saturated heterocycles. The van der Waals surface area contributed by atoms with Crippen LogP contribution < -0.4 is 0 Å². The standard InChI is InChI=1S/C14H16FNO/c15-12-3-1-10(2-4-12)9-13-14(17)11-5-7-16(13)8-6-11/h1-4,9,11,14,17H,5-8H2. The van der Waals surface area contributed by atoms with E-state index in [-0.39, 0.29) is 11.9 Å². The molecule has 0 spiro atoms. The Morgan fingerprint density at radius 1 is 1.18 bits per heavy atom. The second kappa shape index (κ2) is 4.15. The quantitative estimate of drug-likeness (QED) is 0.804. The maximum Gasteiger partial charge on any atom is 0.123 e. The second-order valence-electron chi connectivity index (χ2n) is 4.89. The van der Waals surface area contributed by atoms with Gasteiger partial charge in [0.1, 0.15) is 5.82 Å². The minimum atomic E-state index is -0.345. The Kier molecular flexibility index (Phi) is 2.63. The molecule has 3 aliphatic heterocycles. The average molecular weight is 233 g/mol. The number of aliphatic hydroxyl groups is 1. The lowest BCUT2D eigenvalue weighted by molar-refractivity contribution is 0.0215. The minimum Gasteiger partial charge on any atom is -0.387 e. The molecule has 0 aromatic heterocycles. The van der Waals surface area contributed by atoms with Crippen LogP contribution >= 0.6 is 0 Å². The van der Waals surface area contributed by atoms with E-state index >= 15 is 0 Å². The molecule has 0 aliphatic carbocycles. The fraction of sp³-hybridized carbons (Fsp3) is 0.429. The van der Waals surface area contributed by atoms with Gasteiger partial charge in [0.2, 0.25) is 0 Å². The Bertz CT molecular complexity index is 428. The molecule has 4 rings (SSSR count). The number of piperidine rings is 3. The number of aliphatic hydroxyl groups excluding tert-OH is 1. The molecular weight excluding hydrogens is 217 g/mol. The van der Waals surface area contributed by atoms with Crippen LogP contribution in [0.4, 0.5) is 4.39 Å². The third-order valence-corrected chi connectivity index (χ3v) is 3.84.